The average Bonchev–Trinajstić information content (AvgIpc) is 2.79. The number of amides is 3. The van der Waals surface area contributed by atoms with Gasteiger partial charge in [0.25, 0.3) is 0 Å². The Morgan fingerprint density at radius 3 is 2.60 bits per heavy atom. The molecule has 0 atom stereocenters. The maximum atomic E-state index is 12.2. The SMILES string of the molecule is Cc1ccc(CN(CCCO)C(=O)CN(C)C(N)=O)s1. The second kappa shape index (κ2) is 7.86. The third-order valence-corrected chi connectivity index (χ3v) is 3.82. The zero-order chi connectivity index (χ0) is 15.1. The van der Waals surface area contributed by atoms with Crippen LogP contribution in [0.4, 0.5) is 4.79 Å². The lowest BCUT2D eigenvalue weighted by molar-refractivity contribution is -0.132. The van der Waals surface area contributed by atoms with E-state index in [0.29, 0.717) is 19.5 Å². The molecule has 0 saturated heterocycles. The third-order valence-electron chi connectivity index (χ3n) is 2.83. The first kappa shape index (κ1) is 16.5. The van der Waals surface area contributed by atoms with E-state index in [1.54, 1.807) is 16.2 Å². The van der Waals surface area contributed by atoms with Gasteiger partial charge in [-0.3, -0.25) is 4.79 Å². The lowest BCUT2D eigenvalue weighted by Gasteiger charge is -2.24. The quantitative estimate of drug-likeness (QED) is 0.780. The lowest BCUT2D eigenvalue weighted by atomic mass is 10.3. The Bertz CT molecular complexity index is 461. The molecule has 0 aromatic carbocycles. The molecule has 1 rings (SSSR count). The largest absolute Gasteiger partial charge is 0.396 e. The number of aliphatic hydroxyl groups excluding tert-OH is 1. The first-order valence-corrected chi connectivity index (χ1v) is 7.20. The van der Waals surface area contributed by atoms with Crippen LogP contribution in [-0.4, -0.2) is 53.6 Å². The number of urea groups is 1. The molecule has 0 aliphatic carbocycles. The van der Waals surface area contributed by atoms with Crippen LogP contribution in [0, 0.1) is 6.92 Å². The van der Waals surface area contributed by atoms with Gasteiger partial charge in [0.2, 0.25) is 5.91 Å². The van der Waals surface area contributed by atoms with Crippen molar-refractivity contribution in [2.45, 2.75) is 19.9 Å². The van der Waals surface area contributed by atoms with Crippen LogP contribution in [0.15, 0.2) is 12.1 Å². The van der Waals surface area contributed by atoms with E-state index in [1.807, 2.05) is 19.1 Å². The molecule has 0 aliphatic heterocycles. The number of thiophene rings is 1. The topological polar surface area (TPSA) is 86.9 Å². The second-order valence-electron chi connectivity index (χ2n) is 4.60. The summed E-state index contributed by atoms with van der Waals surface area (Å²) in [5.74, 6) is -0.175. The minimum Gasteiger partial charge on any atom is -0.396 e. The van der Waals surface area contributed by atoms with Gasteiger partial charge in [-0.15, -0.1) is 11.3 Å². The minimum atomic E-state index is -0.632. The van der Waals surface area contributed by atoms with Gasteiger partial charge in [0.1, 0.15) is 6.54 Å². The van der Waals surface area contributed by atoms with Crippen LogP contribution in [0.5, 0.6) is 0 Å². The van der Waals surface area contributed by atoms with E-state index in [-0.39, 0.29) is 19.1 Å². The van der Waals surface area contributed by atoms with Crippen LogP contribution >= 0.6 is 11.3 Å². The van der Waals surface area contributed by atoms with Crippen LogP contribution in [0.1, 0.15) is 16.2 Å². The Labute approximate surface area is 122 Å². The van der Waals surface area contributed by atoms with E-state index >= 15 is 0 Å². The number of hydrogen-bond donors (Lipinski definition) is 2. The Balaban J connectivity index is 2.67. The van der Waals surface area contributed by atoms with Gasteiger partial charge in [0.05, 0.1) is 6.54 Å². The zero-order valence-corrected chi connectivity index (χ0v) is 12.7. The standard InChI is InChI=1S/C13H21N3O3S/c1-10-4-5-11(20-10)8-16(6-3-7-17)12(18)9-15(2)13(14)19/h4-5,17H,3,6-9H2,1-2H3,(H2,14,19). The molecule has 1 aromatic heterocycles. The van der Waals surface area contributed by atoms with Crippen molar-refractivity contribution < 1.29 is 14.7 Å². The molecule has 6 nitrogen and oxygen atoms in total. The number of aryl methyl sites for hydroxylation is 1. The van der Waals surface area contributed by atoms with E-state index in [1.165, 1.54) is 16.8 Å². The molecule has 1 aromatic rings. The molecule has 7 heteroatoms. The molecule has 1 heterocycles. The Morgan fingerprint density at radius 2 is 2.10 bits per heavy atom. The fourth-order valence-electron chi connectivity index (χ4n) is 1.69. The van der Waals surface area contributed by atoms with Crippen LogP contribution in [0.3, 0.4) is 0 Å². The highest BCUT2D eigenvalue weighted by Gasteiger charge is 2.17. The van der Waals surface area contributed by atoms with E-state index in [9.17, 15) is 9.59 Å². The molecule has 3 amide bonds. The van der Waals surface area contributed by atoms with Gasteiger partial charge in [-0.05, 0) is 25.5 Å². The smallest absolute Gasteiger partial charge is 0.314 e. The van der Waals surface area contributed by atoms with Crippen LogP contribution in [0.25, 0.3) is 0 Å². The molecule has 0 radical (unpaired) electrons. The summed E-state index contributed by atoms with van der Waals surface area (Å²) in [6.45, 7) is 2.93. The summed E-state index contributed by atoms with van der Waals surface area (Å²) < 4.78 is 0. The Hall–Kier alpha value is -1.60. The highest BCUT2D eigenvalue weighted by Crippen LogP contribution is 2.17. The van der Waals surface area contributed by atoms with Gasteiger partial charge in [-0.1, -0.05) is 0 Å². The molecule has 20 heavy (non-hydrogen) atoms. The summed E-state index contributed by atoms with van der Waals surface area (Å²) in [5, 5.41) is 8.92. The number of carbonyl (C=O) groups excluding carboxylic acids is 2. The summed E-state index contributed by atoms with van der Waals surface area (Å²) in [6.07, 6.45) is 0.510. The van der Waals surface area contributed by atoms with Crippen molar-refractivity contribution in [1.82, 2.24) is 9.80 Å². The van der Waals surface area contributed by atoms with Gasteiger partial charge in [0.15, 0.2) is 0 Å². The first-order chi connectivity index (χ1) is 9.43. The van der Waals surface area contributed by atoms with E-state index in [2.05, 4.69) is 0 Å². The summed E-state index contributed by atoms with van der Waals surface area (Å²) >= 11 is 1.63. The molecule has 0 aliphatic rings. The number of nitrogens with two attached hydrogens (primary N) is 1. The van der Waals surface area contributed by atoms with Crippen molar-refractivity contribution in [3.63, 3.8) is 0 Å². The van der Waals surface area contributed by atoms with Gasteiger partial charge in [-0.2, -0.15) is 0 Å². The number of primary amides is 1. The van der Waals surface area contributed by atoms with E-state index in [0.717, 1.165) is 4.88 Å². The van der Waals surface area contributed by atoms with Gasteiger partial charge in [0, 0.05) is 30.0 Å². The van der Waals surface area contributed by atoms with Gasteiger partial charge in [-0.25, -0.2) is 4.79 Å². The molecule has 0 saturated carbocycles. The van der Waals surface area contributed by atoms with Crippen LogP contribution < -0.4 is 5.73 Å². The molecule has 0 bridgehead atoms. The maximum absolute atomic E-state index is 12.2. The number of rotatable bonds is 7. The summed E-state index contributed by atoms with van der Waals surface area (Å²) in [4.78, 5) is 28.2. The van der Waals surface area contributed by atoms with Crippen molar-refractivity contribution in [2.24, 2.45) is 5.73 Å². The molecule has 3 N–H and O–H groups in total. The fourth-order valence-corrected chi connectivity index (χ4v) is 2.60. The summed E-state index contributed by atoms with van der Waals surface area (Å²) in [6, 6.07) is 3.36. The second-order valence-corrected chi connectivity index (χ2v) is 5.97. The maximum Gasteiger partial charge on any atom is 0.314 e. The van der Waals surface area contributed by atoms with Crippen LogP contribution in [-0.2, 0) is 11.3 Å². The van der Waals surface area contributed by atoms with E-state index < -0.39 is 6.03 Å². The number of likely N-dealkylation sites (N-methyl/N-ethyl adjacent to an activating group) is 1. The van der Waals surface area contributed by atoms with Crippen molar-refractivity contribution in [3.05, 3.63) is 21.9 Å². The minimum absolute atomic E-state index is 0.0267. The number of hydrogen-bond acceptors (Lipinski definition) is 4. The average molecular weight is 299 g/mol. The number of carbonyl (C=O) groups is 2. The molecule has 0 unspecified atom stereocenters. The molecular weight excluding hydrogens is 278 g/mol. The first-order valence-electron chi connectivity index (χ1n) is 6.38. The number of aliphatic hydroxyl groups is 1. The molecule has 112 valence electrons. The predicted octanol–water partition coefficient (Wildman–Crippen LogP) is 0.778. The summed E-state index contributed by atoms with van der Waals surface area (Å²) in [7, 11) is 1.49. The van der Waals surface area contributed by atoms with Crippen molar-refractivity contribution >= 4 is 23.3 Å². The molecular formula is C13H21N3O3S. The fraction of sp³-hybridized carbons (Fsp3) is 0.538. The van der Waals surface area contributed by atoms with Gasteiger partial charge < -0.3 is 20.6 Å². The lowest BCUT2D eigenvalue weighted by Crippen LogP contribution is -2.43. The highest BCUT2D eigenvalue weighted by molar-refractivity contribution is 7.11. The van der Waals surface area contributed by atoms with Crippen molar-refractivity contribution in [2.75, 3.05) is 26.7 Å². The van der Waals surface area contributed by atoms with Crippen molar-refractivity contribution in [1.29, 1.82) is 0 Å². The van der Waals surface area contributed by atoms with Gasteiger partial charge >= 0.3 is 6.03 Å². The highest BCUT2D eigenvalue weighted by atomic mass is 32.1. The molecule has 0 fully saturated rings. The number of nitrogens with zero attached hydrogens (tertiary/aromatic N) is 2. The Kier molecular flexibility index (Phi) is 6.47. The summed E-state index contributed by atoms with van der Waals surface area (Å²) in [5.41, 5.74) is 5.12. The predicted molar refractivity (Wildman–Crippen MR) is 78.4 cm³/mol. The third kappa shape index (κ3) is 5.18. The molecule has 0 spiro atoms. The Morgan fingerprint density at radius 1 is 1.40 bits per heavy atom. The zero-order valence-electron chi connectivity index (χ0n) is 11.8. The van der Waals surface area contributed by atoms with E-state index in [4.69, 9.17) is 10.8 Å². The van der Waals surface area contributed by atoms with Crippen LogP contribution in [0.2, 0.25) is 0 Å². The normalized spacial score (nSPS) is 10.3. The monoisotopic (exact) mass is 299 g/mol. The van der Waals surface area contributed by atoms with Crippen molar-refractivity contribution in [3.8, 4) is 0 Å².